The number of aliphatic imine (C=N–C) groups is 1. The van der Waals surface area contributed by atoms with Crippen molar-refractivity contribution in [1.29, 1.82) is 0 Å². The molecule has 0 atom stereocenters. The number of piperazine rings is 1. The van der Waals surface area contributed by atoms with Gasteiger partial charge in [-0.3, -0.25) is 19.8 Å². The molecule has 0 aliphatic carbocycles. The minimum Gasteiger partial charge on any atom is -0.393 e. The first-order valence-corrected chi connectivity index (χ1v) is 14.0. The van der Waals surface area contributed by atoms with Crippen LogP contribution in [-0.2, 0) is 6.54 Å². The van der Waals surface area contributed by atoms with Crippen molar-refractivity contribution in [2.45, 2.75) is 46.8 Å². The fourth-order valence-corrected chi connectivity index (χ4v) is 4.51. The van der Waals surface area contributed by atoms with Gasteiger partial charge in [0, 0.05) is 69.8 Å². The van der Waals surface area contributed by atoms with Crippen molar-refractivity contribution in [1.82, 2.24) is 30.0 Å². The lowest BCUT2D eigenvalue weighted by Gasteiger charge is -2.38. The molecule has 3 aromatic rings. The van der Waals surface area contributed by atoms with Crippen molar-refractivity contribution >= 4 is 34.6 Å². The summed E-state index contributed by atoms with van der Waals surface area (Å²) < 4.78 is 1.45. The number of β-amino-alcohol motifs (C(OH)–C–C–N with tert-alkyl or cyclic N) is 1. The van der Waals surface area contributed by atoms with Gasteiger partial charge >= 0.3 is 0 Å². The van der Waals surface area contributed by atoms with Gasteiger partial charge in [-0.15, -0.1) is 6.58 Å². The Labute approximate surface area is 242 Å². The van der Waals surface area contributed by atoms with Crippen LogP contribution in [0.3, 0.4) is 0 Å². The number of nitrogens with one attached hydrogen (secondary N) is 3. The number of allylic oxidation sites excluding steroid dienone is 2. The lowest BCUT2D eigenvalue weighted by atomic mass is 10.1. The standard InChI is InChI=1S/C22H29N7O2.C8H16N2/c1-4-9-29-20(30)18-14-23-21(25-19(18)26-29)24-16-5-7-17(8-6-16)28-12-10-27(11-13-28)15-22(2,3)31;1-5-10-8(6-9-4)7(2)3/h4-8,14,31H,1,9-13,15H2,2-3H3,(H2,23,24,25,26);5-7,9H,1-4H3/b;8-6-,10-5?. The van der Waals surface area contributed by atoms with Crippen LogP contribution in [0.15, 0.2) is 64.8 Å². The topological polar surface area (TPSA) is 127 Å². The van der Waals surface area contributed by atoms with E-state index in [4.69, 9.17) is 0 Å². The Kier molecular flexibility index (Phi) is 11.2. The molecule has 1 aliphatic heterocycles. The summed E-state index contributed by atoms with van der Waals surface area (Å²) in [6, 6.07) is 8.15. The Morgan fingerprint density at radius 1 is 1.22 bits per heavy atom. The van der Waals surface area contributed by atoms with Crippen LogP contribution in [0, 0.1) is 5.92 Å². The van der Waals surface area contributed by atoms with Gasteiger partial charge in [-0.25, -0.2) is 9.67 Å². The van der Waals surface area contributed by atoms with E-state index in [0.717, 1.165) is 43.3 Å². The van der Waals surface area contributed by atoms with Crippen LogP contribution in [0.4, 0.5) is 17.3 Å². The summed E-state index contributed by atoms with van der Waals surface area (Å²) in [5.74, 6) is 0.913. The van der Waals surface area contributed by atoms with Gasteiger partial charge in [0.25, 0.3) is 5.56 Å². The summed E-state index contributed by atoms with van der Waals surface area (Å²) in [5, 5.41) is 19.6. The molecule has 11 heteroatoms. The number of aliphatic hydroxyl groups is 1. The third kappa shape index (κ3) is 9.29. The van der Waals surface area contributed by atoms with Gasteiger partial charge in [-0.2, -0.15) is 4.98 Å². The molecular formula is C30H45N9O2. The highest BCUT2D eigenvalue weighted by molar-refractivity contribution is 5.74. The summed E-state index contributed by atoms with van der Waals surface area (Å²) in [6.45, 7) is 18.3. The molecule has 4 rings (SSSR count). The highest BCUT2D eigenvalue weighted by Gasteiger charge is 2.22. The Morgan fingerprint density at radius 3 is 2.46 bits per heavy atom. The molecule has 1 aromatic carbocycles. The van der Waals surface area contributed by atoms with Gasteiger partial charge < -0.3 is 20.6 Å². The molecule has 0 bridgehead atoms. The molecule has 0 radical (unpaired) electrons. The van der Waals surface area contributed by atoms with Crippen molar-refractivity contribution in [3.8, 4) is 0 Å². The molecule has 41 heavy (non-hydrogen) atoms. The van der Waals surface area contributed by atoms with E-state index in [1.165, 1.54) is 10.9 Å². The van der Waals surface area contributed by atoms with E-state index in [0.29, 0.717) is 36.0 Å². The van der Waals surface area contributed by atoms with Crippen molar-refractivity contribution in [2.24, 2.45) is 10.9 Å². The van der Waals surface area contributed by atoms with E-state index in [9.17, 15) is 9.90 Å². The lowest BCUT2D eigenvalue weighted by molar-refractivity contribution is 0.0345. The van der Waals surface area contributed by atoms with Gasteiger partial charge in [0.05, 0.1) is 17.8 Å². The minimum atomic E-state index is -0.665. The average molecular weight is 564 g/mol. The number of rotatable bonds is 10. The normalized spacial score (nSPS) is 14.8. The summed E-state index contributed by atoms with van der Waals surface area (Å²) in [6.07, 6.45) is 6.91. The average Bonchev–Trinajstić information content (AvgIpc) is 3.23. The number of aromatic amines is 1. The SMILES string of the molecule is C=CCn1[nH]c2nc(Nc3ccc(N4CCN(CC(C)(C)O)CC4)cc3)ncc2c1=O.CC=N/C(=C\NC)C(C)C. The van der Waals surface area contributed by atoms with Crippen LogP contribution in [0.2, 0.25) is 0 Å². The van der Waals surface area contributed by atoms with Crippen molar-refractivity contribution in [3.05, 3.63) is 65.4 Å². The first-order chi connectivity index (χ1) is 19.5. The molecule has 1 fully saturated rings. The van der Waals surface area contributed by atoms with Gasteiger partial charge in [0.2, 0.25) is 5.95 Å². The number of hydrogen-bond acceptors (Lipinski definition) is 9. The minimum absolute atomic E-state index is 0.159. The van der Waals surface area contributed by atoms with E-state index in [1.807, 2.05) is 52.4 Å². The van der Waals surface area contributed by atoms with Crippen LogP contribution in [0.1, 0.15) is 34.6 Å². The molecule has 2 aromatic heterocycles. The summed E-state index contributed by atoms with van der Waals surface area (Å²) in [5.41, 5.74) is 2.79. The van der Waals surface area contributed by atoms with Crippen molar-refractivity contribution in [2.75, 3.05) is 50.0 Å². The molecule has 1 saturated heterocycles. The zero-order valence-electron chi connectivity index (χ0n) is 25.2. The fourth-order valence-electron chi connectivity index (χ4n) is 4.51. The Balaban J connectivity index is 0.000000397. The molecule has 222 valence electrons. The maximum atomic E-state index is 12.2. The maximum Gasteiger partial charge on any atom is 0.277 e. The molecule has 4 N–H and O–H groups in total. The van der Waals surface area contributed by atoms with Crippen LogP contribution < -0.4 is 21.1 Å². The molecule has 0 spiro atoms. The molecule has 1 aliphatic rings. The maximum absolute atomic E-state index is 12.2. The van der Waals surface area contributed by atoms with Crippen LogP contribution in [-0.4, -0.2) is 81.3 Å². The first-order valence-electron chi connectivity index (χ1n) is 14.0. The molecule has 0 amide bonds. The van der Waals surface area contributed by atoms with E-state index >= 15 is 0 Å². The Bertz CT molecular complexity index is 1370. The highest BCUT2D eigenvalue weighted by atomic mass is 16.3. The second-order valence-corrected chi connectivity index (χ2v) is 10.9. The summed E-state index contributed by atoms with van der Waals surface area (Å²) in [4.78, 5) is 29.7. The van der Waals surface area contributed by atoms with E-state index in [1.54, 1.807) is 6.08 Å². The Morgan fingerprint density at radius 2 is 1.90 bits per heavy atom. The van der Waals surface area contributed by atoms with Crippen molar-refractivity contribution < 1.29 is 5.11 Å². The number of anilines is 3. The number of aromatic nitrogens is 4. The van der Waals surface area contributed by atoms with Gasteiger partial charge in [0.15, 0.2) is 5.65 Å². The number of benzene rings is 1. The predicted molar refractivity (Wildman–Crippen MR) is 169 cm³/mol. The summed E-state index contributed by atoms with van der Waals surface area (Å²) in [7, 11) is 1.88. The van der Waals surface area contributed by atoms with Gasteiger partial charge in [0.1, 0.15) is 5.39 Å². The quantitative estimate of drug-likeness (QED) is 0.217. The summed E-state index contributed by atoms with van der Waals surface area (Å²) >= 11 is 0. The van der Waals surface area contributed by atoms with Crippen LogP contribution >= 0.6 is 0 Å². The van der Waals surface area contributed by atoms with E-state index in [2.05, 4.69) is 73.1 Å². The van der Waals surface area contributed by atoms with Crippen molar-refractivity contribution in [3.63, 3.8) is 0 Å². The van der Waals surface area contributed by atoms with E-state index in [-0.39, 0.29) is 5.56 Å². The molecule has 0 unspecified atom stereocenters. The number of fused-ring (bicyclic) bond motifs is 1. The number of H-pyrrole nitrogens is 1. The number of nitrogens with zero attached hydrogens (tertiary/aromatic N) is 6. The highest BCUT2D eigenvalue weighted by Crippen LogP contribution is 2.22. The second kappa shape index (κ2) is 14.6. The van der Waals surface area contributed by atoms with E-state index < -0.39 is 5.60 Å². The fraction of sp³-hybridized carbons (Fsp3) is 0.467. The molecule has 3 heterocycles. The van der Waals surface area contributed by atoms with Crippen LogP contribution in [0.25, 0.3) is 11.0 Å². The molecule has 11 nitrogen and oxygen atoms in total. The second-order valence-electron chi connectivity index (χ2n) is 10.9. The third-order valence-corrected chi connectivity index (χ3v) is 6.45. The zero-order valence-corrected chi connectivity index (χ0v) is 25.2. The molecular weight excluding hydrogens is 518 g/mol. The monoisotopic (exact) mass is 563 g/mol. The van der Waals surface area contributed by atoms with Gasteiger partial charge in [-0.05, 0) is 51.0 Å². The smallest absolute Gasteiger partial charge is 0.277 e. The lowest BCUT2D eigenvalue weighted by Crippen LogP contribution is -2.50. The van der Waals surface area contributed by atoms with Gasteiger partial charge in [-0.1, -0.05) is 19.9 Å². The largest absolute Gasteiger partial charge is 0.393 e. The molecule has 0 saturated carbocycles. The zero-order chi connectivity index (χ0) is 30.0. The first kappa shape index (κ1) is 31.6. The predicted octanol–water partition coefficient (Wildman–Crippen LogP) is 3.74. The van der Waals surface area contributed by atoms with Crippen LogP contribution in [0.5, 0.6) is 0 Å². The number of hydrogen-bond donors (Lipinski definition) is 4. The third-order valence-electron chi connectivity index (χ3n) is 6.45. The Hall–Kier alpha value is -3.96.